The van der Waals surface area contributed by atoms with Crippen molar-refractivity contribution in [3.63, 3.8) is 0 Å². The number of nitrogens with one attached hydrogen (secondary N) is 1. The van der Waals surface area contributed by atoms with Gasteiger partial charge in [0.2, 0.25) is 0 Å². The number of halogens is 1. The summed E-state index contributed by atoms with van der Waals surface area (Å²) in [7, 11) is 0. The van der Waals surface area contributed by atoms with E-state index in [0.717, 1.165) is 31.5 Å². The van der Waals surface area contributed by atoms with E-state index < -0.39 is 0 Å². The number of carbonyl (C=O) groups is 1. The molecular formula is C16H23ClN2O2S. The largest absolute Gasteiger partial charge is 0.396 e. The van der Waals surface area contributed by atoms with Gasteiger partial charge in [-0.25, -0.2) is 4.79 Å². The minimum Gasteiger partial charge on any atom is -0.396 e. The van der Waals surface area contributed by atoms with Crippen LogP contribution in [0.3, 0.4) is 0 Å². The zero-order valence-electron chi connectivity index (χ0n) is 12.8. The van der Waals surface area contributed by atoms with Gasteiger partial charge in [-0.1, -0.05) is 23.7 Å². The molecule has 0 aromatic heterocycles. The molecule has 2 N–H and O–H groups in total. The molecule has 0 radical (unpaired) electrons. The SMILES string of the molecule is CS[C@@H](CNC(=O)N1CC[C@@H](CCO)C1)c1cccc(Cl)c1. The second-order valence-electron chi connectivity index (χ2n) is 5.58. The first-order valence-corrected chi connectivity index (χ1v) is 9.22. The van der Waals surface area contributed by atoms with E-state index in [-0.39, 0.29) is 17.9 Å². The average Bonchev–Trinajstić information content (AvgIpc) is 2.97. The monoisotopic (exact) mass is 342 g/mol. The lowest BCUT2D eigenvalue weighted by molar-refractivity contribution is 0.204. The maximum Gasteiger partial charge on any atom is 0.317 e. The summed E-state index contributed by atoms with van der Waals surface area (Å²) in [5.74, 6) is 0.431. The topological polar surface area (TPSA) is 52.6 Å². The molecule has 1 saturated heterocycles. The number of carbonyl (C=O) groups excluding carboxylic acids is 1. The lowest BCUT2D eigenvalue weighted by atomic mass is 10.1. The second-order valence-corrected chi connectivity index (χ2v) is 7.06. The quantitative estimate of drug-likeness (QED) is 0.835. The Bertz CT molecular complexity index is 501. The highest BCUT2D eigenvalue weighted by Gasteiger charge is 2.26. The summed E-state index contributed by atoms with van der Waals surface area (Å²) < 4.78 is 0. The number of hydrogen-bond acceptors (Lipinski definition) is 3. The molecule has 122 valence electrons. The molecule has 1 heterocycles. The Morgan fingerprint density at radius 1 is 1.59 bits per heavy atom. The summed E-state index contributed by atoms with van der Waals surface area (Å²) in [5, 5.41) is 12.9. The van der Waals surface area contributed by atoms with Crippen LogP contribution in [0.1, 0.15) is 23.7 Å². The maximum absolute atomic E-state index is 12.2. The van der Waals surface area contributed by atoms with Gasteiger partial charge in [0.25, 0.3) is 0 Å². The van der Waals surface area contributed by atoms with Gasteiger partial charge in [-0.2, -0.15) is 11.8 Å². The van der Waals surface area contributed by atoms with Crippen molar-refractivity contribution in [1.82, 2.24) is 10.2 Å². The summed E-state index contributed by atoms with van der Waals surface area (Å²) in [5.41, 5.74) is 1.12. The van der Waals surface area contributed by atoms with E-state index >= 15 is 0 Å². The number of rotatable bonds is 6. The van der Waals surface area contributed by atoms with Gasteiger partial charge in [-0.3, -0.25) is 0 Å². The molecule has 2 atom stereocenters. The Kier molecular flexibility index (Phi) is 6.86. The van der Waals surface area contributed by atoms with Gasteiger partial charge in [0.15, 0.2) is 0 Å². The molecule has 0 bridgehead atoms. The predicted molar refractivity (Wildman–Crippen MR) is 92.5 cm³/mol. The first-order chi connectivity index (χ1) is 10.6. The third-order valence-corrected chi connectivity index (χ3v) is 5.30. The second kappa shape index (κ2) is 8.65. The van der Waals surface area contributed by atoms with Crippen LogP contribution in [0.4, 0.5) is 4.79 Å². The number of likely N-dealkylation sites (tertiary alicyclic amines) is 1. The van der Waals surface area contributed by atoms with Gasteiger partial charge in [0.1, 0.15) is 0 Å². The fourth-order valence-corrected chi connectivity index (χ4v) is 3.64. The van der Waals surface area contributed by atoms with Crippen LogP contribution < -0.4 is 5.32 Å². The van der Waals surface area contributed by atoms with Crippen LogP contribution in [0.5, 0.6) is 0 Å². The lowest BCUT2D eigenvalue weighted by Crippen LogP contribution is -2.40. The van der Waals surface area contributed by atoms with Crippen molar-refractivity contribution in [1.29, 1.82) is 0 Å². The molecule has 1 aromatic carbocycles. The molecule has 1 fully saturated rings. The van der Waals surface area contributed by atoms with Crippen molar-refractivity contribution < 1.29 is 9.90 Å². The Hall–Kier alpha value is -0.910. The first-order valence-electron chi connectivity index (χ1n) is 7.56. The normalized spacial score (nSPS) is 19.2. The van der Waals surface area contributed by atoms with E-state index in [0.29, 0.717) is 17.5 Å². The molecular weight excluding hydrogens is 320 g/mol. The number of benzene rings is 1. The summed E-state index contributed by atoms with van der Waals surface area (Å²) in [6.45, 7) is 2.30. The van der Waals surface area contributed by atoms with Gasteiger partial charge in [0.05, 0.1) is 0 Å². The Morgan fingerprint density at radius 2 is 2.41 bits per heavy atom. The predicted octanol–water partition coefficient (Wildman–Crippen LogP) is 3.16. The summed E-state index contributed by atoms with van der Waals surface area (Å²) in [6.07, 6.45) is 3.79. The van der Waals surface area contributed by atoms with Crippen molar-refractivity contribution in [3.8, 4) is 0 Å². The molecule has 6 heteroatoms. The number of amides is 2. The third kappa shape index (κ3) is 4.80. The molecule has 1 aromatic rings. The van der Waals surface area contributed by atoms with Crippen LogP contribution >= 0.6 is 23.4 Å². The van der Waals surface area contributed by atoms with Gasteiger partial charge >= 0.3 is 6.03 Å². The number of aliphatic hydroxyl groups excluding tert-OH is 1. The molecule has 2 rings (SSSR count). The first kappa shape index (κ1) is 17.4. The average molecular weight is 343 g/mol. The molecule has 22 heavy (non-hydrogen) atoms. The van der Waals surface area contributed by atoms with E-state index in [1.807, 2.05) is 35.4 Å². The third-order valence-electron chi connectivity index (χ3n) is 4.05. The van der Waals surface area contributed by atoms with Gasteiger partial charge in [0, 0.05) is 36.5 Å². The van der Waals surface area contributed by atoms with Crippen LogP contribution in [-0.4, -0.2) is 48.5 Å². The van der Waals surface area contributed by atoms with Crippen LogP contribution in [0.2, 0.25) is 5.02 Å². The highest BCUT2D eigenvalue weighted by molar-refractivity contribution is 7.98. The molecule has 1 aliphatic heterocycles. The zero-order valence-corrected chi connectivity index (χ0v) is 14.4. The van der Waals surface area contributed by atoms with Crippen molar-refractivity contribution in [2.24, 2.45) is 5.92 Å². The van der Waals surface area contributed by atoms with Gasteiger partial charge < -0.3 is 15.3 Å². The van der Waals surface area contributed by atoms with Gasteiger partial charge in [-0.15, -0.1) is 0 Å². The van der Waals surface area contributed by atoms with Crippen molar-refractivity contribution in [3.05, 3.63) is 34.9 Å². The van der Waals surface area contributed by atoms with Crippen molar-refractivity contribution in [2.45, 2.75) is 18.1 Å². The minimum atomic E-state index is -0.0125. The van der Waals surface area contributed by atoms with E-state index in [1.165, 1.54) is 0 Å². The highest BCUT2D eigenvalue weighted by atomic mass is 35.5. The van der Waals surface area contributed by atoms with Crippen LogP contribution in [0.25, 0.3) is 0 Å². The number of hydrogen-bond donors (Lipinski definition) is 2. The number of aliphatic hydroxyl groups is 1. The van der Waals surface area contributed by atoms with Crippen LogP contribution in [-0.2, 0) is 0 Å². The number of thioether (sulfide) groups is 1. The Morgan fingerprint density at radius 3 is 3.09 bits per heavy atom. The molecule has 0 unspecified atom stereocenters. The van der Waals surface area contributed by atoms with Gasteiger partial charge in [-0.05, 0) is 42.7 Å². The summed E-state index contributed by atoms with van der Waals surface area (Å²) in [4.78, 5) is 14.1. The molecule has 0 saturated carbocycles. The van der Waals surface area contributed by atoms with E-state index in [9.17, 15) is 4.79 Å². The van der Waals surface area contributed by atoms with Crippen molar-refractivity contribution in [2.75, 3.05) is 32.5 Å². The maximum atomic E-state index is 12.2. The molecule has 0 aliphatic carbocycles. The fraction of sp³-hybridized carbons (Fsp3) is 0.562. The van der Waals surface area contributed by atoms with Crippen LogP contribution in [0.15, 0.2) is 24.3 Å². The number of urea groups is 1. The molecule has 1 aliphatic rings. The smallest absolute Gasteiger partial charge is 0.317 e. The van der Waals surface area contributed by atoms with E-state index in [4.69, 9.17) is 16.7 Å². The van der Waals surface area contributed by atoms with Crippen molar-refractivity contribution >= 4 is 29.4 Å². The van der Waals surface area contributed by atoms with E-state index in [2.05, 4.69) is 5.32 Å². The lowest BCUT2D eigenvalue weighted by Gasteiger charge is -2.21. The number of nitrogens with zero attached hydrogens (tertiary/aromatic N) is 1. The fourth-order valence-electron chi connectivity index (χ4n) is 2.77. The standard InChI is InChI=1S/C16H23ClN2O2S/c1-22-15(13-3-2-4-14(17)9-13)10-18-16(21)19-7-5-12(11-19)6-8-20/h2-4,9,12,15,20H,5-8,10-11H2,1H3,(H,18,21)/t12-,15-/m0/s1. The zero-order chi connectivity index (χ0) is 15.9. The van der Waals surface area contributed by atoms with E-state index in [1.54, 1.807) is 11.8 Å². The summed E-state index contributed by atoms with van der Waals surface area (Å²) >= 11 is 7.73. The summed E-state index contributed by atoms with van der Waals surface area (Å²) in [6, 6.07) is 7.75. The Labute approximate surface area is 141 Å². The Balaban J connectivity index is 1.84. The molecule has 2 amide bonds. The molecule has 4 nitrogen and oxygen atoms in total. The van der Waals surface area contributed by atoms with Crippen LogP contribution in [0, 0.1) is 5.92 Å². The minimum absolute atomic E-state index is 0.0125. The highest BCUT2D eigenvalue weighted by Crippen LogP contribution is 2.28. The molecule has 0 spiro atoms.